The Morgan fingerprint density at radius 1 is 0.364 bits per heavy atom. The Kier molecular flexibility index (Phi) is 7.70. The lowest BCUT2D eigenvalue weighted by Gasteiger charge is -2.32. The topological polar surface area (TPSA) is 61.6 Å². The number of hydrogen-bond donors (Lipinski definition) is 0. The number of benzene rings is 4. The van der Waals surface area contributed by atoms with Crippen molar-refractivity contribution in [2.75, 3.05) is 0 Å². The maximum absolute atomic E-state index is 6.18. The maximum atomic E-state index is 6.18. The molecule has 2 heterocycles. The number of azo groups is 1. The average Bonchev–Trinajstić information content (AvgIpc) is 3.36. The lowest BCUT2D eigenvalue weighted by Crippen LogP contribution is -2.41. The monoisotopic (exact) mass is 586 g/mol. The number of hydrogen-bond acceptors (Lipinski definition) is 6. The summed E-state index contributed by atoms with van der Waals surface area (Å²) in [6, 6.07) is 32.9. The second kappa shape index (κ2) is 11.1. The van der Waals surface area contributed by atoms with Crippen LogP contribution in [0.15, 0.2) is 107 Å². The summed E-state index contributed by atoms with van der Waals surface area (Å²) in [5.74, 6) is 0. The van der Waals surface area contributed by atoms with Gasteiger partial charge in [-0.05, 0) is 113 Å². The van der Waals surface area contributed by atoms with Crippen molar-refractivity contribution in [1.29, 1.82) is 0 Å². The lowest BCUT2D eigenvalue weighted by molar-refractivity contribution is 0.00578. The van der Waals surface area contributed by atoms with E-state index in [1.807, 2.05) is 24.3 Å². The van der Waals surface area contributed by atoms with E-state index in [0.717, 1.165) is 44.6 Å². The SMILES string of the molecule is CC1(C)OB(c2ccc(-c3ccc(N=Nc4ccc(-c5ccc(B6OC(C)(C)C(C)(C)O6)cc5)cc4)cc3)cc2)OC1(C)C. The number of nitrogens with zero attached hydrogens (tertiary/aromatic N) is 2. The third-order valence-electron chi connectivity index (χ3n) is 9.55. The first-order chi connectivity index (χ1) is 20.7. The zero-order valence-corrected chi connectivity index (χ0v) is 26.9. The van der Waals surface area contributed by atoms with Crippen LogP contribution in [0.2, 0.25) is 0 Å². The van der Waals surface area contributed by atoms with Crippen molar-refractivity contribution in [1.82, 2.24) is 0 Å². The molecule has 2 aliphatic heterocycles. The van der Waals surface area contributed by atoms with Crippen molar-refractivity contribution in [2.24, 2.45) is 10.2 Å². The highest BCUT2D eigenvalue weighted by atomic mass is 16.7. The van der Waals surface area contributed by atoms with Gasteiger partial charge < -0.3 is 18.6 Å². The molecule has 2 fully saturated rings. The van der Waals surface area contributed by atoms with E-state index in [1.165, 1.54) is 0 Å². The van der Waals surface area contributed by atoms with Gasteiger partial charge in [0.2, 0.25) is 0 Å². The van der Waals surface area contributed by atoms with Gasteiger partial charge in [0.15, 0.2) is 0 Å². The van der Waals surface area contributed by atoms with E-state index in [0.29, 0.717) is 0 Å². The molecule has 0 N–H and O–H groups in total. The minimum Gasteiger partial charge on any atom is -0.399 e. The molecule has 0 amide bonds. The molecule has 0 atom stereocenters. The molecule has 44 heavy (non-hydrogen) atoms. The van der Waals surface area contributed by atoms with E-state index in [9.17, 15) is 0 Å². The molecular weight excluding hydrogens is 546 g/mol. The minimum atomic E-state index is -0.362. The standard InChI is InChI=1S/C36H40B2N2O4/c1-33(2)34(3,4)42-37(41-33)29-17-9-25(10-18-29)27-13-21-31(22-14-27)39-40-32-23-15-28(16-24-32)26-11-19-30(20-12-26)38-43-35(5,6)36(7,8)44-38/h9-24H,1-8H3. The van der Waals surface area contributed by atoms with Gasteiger partial charge in [0, 0.05) is 0 Å². The van der Waals surface area contributed by atoms with Crippen LogP contribution in [0.5, 0.6) is 0 Å². The quantitative estimate of drug-likeness (QED) is 0.170. The molecule has 0 unspecified atom stereocenters. The van der Waals surface area contributed by atoms with Crippen LogP contribution in [-0.4, -0.2) is 36.6 Å². The molecule has 224 valence electrons. The highest BCUT2D eigenvalue weighted by molar-refractivity contribution is 6.62. The van der Waals surface area contributed by atoms with Gasteiger partial charge in [0.05, 0.1) is 33.8 Å². The molecule has 8 heteroatoms. The van der Waals surface area contributed by atoms with Gasteiger partial charge >= 0.3 is 14.2 Å². The highest BCUT2D eigenvalue weighted by Gasteiger charge is 2.52. The molecule has 6 nitrogen and oxygen atoms in total. The zero-order chi connectivity index (χ0) is 31.3. The Bertz CT molecular complexity index is 1490. The first-order valence-electron chi connectivity index (χ1n) is 15.3. The Hall–Kier alpha value is -3.55. The van der Waals surface area contributed by atoms with Crippen molar-refractivity contribution < 1.29 is 18.6 Å². The second-order valence-corrected chi connectivity index (χ2v) is 13.7. The molecule has 2 saturated heterocycles. The van der Waals surface area contributed by atoms with Crippen LogP contribution >= 0.6 is 0 Å². The summed E-state index contributed by atoms with van der Waals surface area (Å²) >= 11 is 0. The van der Waals surface area contributed by atoms with Gasteiger partial charge in [0.1, 0.15) is 0 Å². The predicted molar refractivity (Wildman–Crippen MR) is 179 cm³/mol. The molecule has 6 rings (SSSR count). The summed E-state index contributed by atoms with van der Waals surface area (Å²) in [6.07, 6.45) is 0. The van der Waals surface area contributed by atoms with Gasteiger partial charge in [-0.3, -0.25) is 0 Å². The van der Waals surface area contributed by atoms with Crippen molar-refractivity contribution in [3.8, 4) is 22.3 Å². The van der Waals surface area contributed by atoms with Crippen LogP contribution in [0.4, 0.5) is 11.4 Å². The number of rotatable bonds is 6. The van der Waals surface area contributed by atoms with Crippen molar-refractivity contribution >= 4 is 36.5 Å². The van der Waals surface area contributed by atoms with Crippen LogP contribution in [0.25, 0.3) is 22.3 Å². The summed E-state index contributed by atoms with van der Waals surface area (Å²) in [6.45, 7) is 16.5. The molecule has 0 radical (unpaired) electrons. The molecule has 4 aromatic carbocycles. The normalized spacial score (nSPS) is 20.0. The minimum absolute atomic E-state index is 0.355. The molecule has 0 aromatic heterocycles. The first kappa shape index (κ1) is 30.5. The van der Waals surface area contributed by atoms with E-state index in [1.54, 1.807) is 0 Å². The molecule has 2 aliphatic rings. The molecule has 0 saturated carbocycles. The van der Waals surface area contributed by atoms with Gasteiger partial charge in [-0.1, -0.05) is 72.8 Å². The fourth-order valence-corrected chi connectivity index (χ4v) is 5.18. The van der Waals surface area contributed by atoms with Gasteiger partial charge in [-0.15, -0.1) is 0 Å². The van der Waals surface area contributed by atoms with Gasteiger partial charge in [-0.25, -0.2) is 0 Å². The van der Waals surface area contributed by atoms with E-state index in [4.69, 9.17) is 18.6 Å². The fourth-order valence-electron chi connectivity index (χ4n) is 5.18. The molecule has 4 aromatic rings. The van der Waals surface area contributed by atoms with Gasteiger partial charge in [-0.2, -0.15) is 10.2 Å². The average molecular weight is 586 g/mol. The van der Waals surface area contributed by atoms with Crippen molar-refractivity contribution in [2.45, 2.75) is 77.8 Å². The second-order valence-electron chi connectivity index (χ2n) is 13.7. The third kappa shape index (κ3) is 5.92. The van der Waals surface area contributed by atoms with E-state index in [-0.39, 0.29) is 36.6 Å². The predicted octanol–water partition coefficient (Wildman–Crippen LogP) is 8.03. The molecule has 0 aliphatic carbocycles. The Morgan fingerprint density at radius 3 is 0.841 bits per heavy atom. The highest BCUT2D eigenvalue weighted by Crippen LogP contribution is 2.38. The summed E-state index contributed by atoms with van der Waals surface area (Å²) in [7, 11) is -0.724. The van der Waals surface area contributed by atoms with Gasteiger partial charge in [0.25, 0.3) is 0 Å². The van der Waals surface area contributed by atoms with E-state index >= 15 is 0 Å². The van der Waals surface area contributed by atoms with E-state index in [2.05, 4.69) is 138 Å². The van der Waals surface area contributed by atoms with Crippen LogP contribution < -0.4 is 10.9 Å². The largest absolute Gasteiger partial charge is 0.494 e. The lowest BCUT2D eigenvalue weighted by atomic mass is 9.78. The van der Waals surface area contributed by atoms with Crippen molar-refractivity contribution in [3.05, 3.63) is 97.1 Å². The zero-order valence-electron chi connectivity index (χ0n) is 26.9. The summed E-state index contributed by atoms with van der Waals surface area (Å²) in [4.78, 5) is 0. The first-order valence-corrected chi connectivity index (χ1v) is 15.3. The summed E-state index contributed by atoms with van der Waals surface area (Å²) < 4.78 is 24.7. The molecule has 0 spiro atoms. The fraction of sp³-hybridized carbons (Fsp3) is 0.333. The molecular formula is C36H40B2N2O4. The molecule has 0 bridgehead atoms. The Morgan fingerprint density at radius 2 is 0.591 bits per heavy atom. The smallest absolute Gasteiger partial charge is 0.399 e. The Balaban J connectivity index is 1.06. The Labute approximate surface area is 262 Å². The van der Waals surface area contributed by atoms with Crippen LogP contribution in [-0.2, 0) is 18.6 Å². The third-order valence-corrected chi connectivity index (χ3v) is 9.55. The van der Waals surface area contributed by atoms with Crippen molar-refractivity contribution in [3.63, 3.8) is 0 Å². The van der Waals surface area contributed by atoms with E-state index < -0.39 is 0 Å². The van der Waals surface area contributed by atoms with Crippen LogP contribution in [0, 0.1) is 0 Å². The summed E-state index contributed by atoms with van der Waals surface area (Å²) in [5, 5.41) is 8.90. The van der Waals surface area contributed by atoms with Crippen LogP contribution in [0.1, 0.15) is 55.4 Å². The van der Waals surface area contributed by atoms with Crippen LogP contribution in [0.3, 0.4) is 0 Å². The summed E-state index contributed by atoms with van der Waals surface area (Å²) in [5.41, 5.74) is 6.66. The maximum Gasteiger partial charge on any atom is 0.494 e.